The van der Waals surface area contributed by atoms with E-state index in [2.05, 4.69) is 15.3 Å². The highest BCUT2D eigenvalue weighted by Gasteiger charge is 2.30. The number of halogens is 4. The number of amides is 1. The smallest absolute Gasteiger partial charge is 0.338 e. The van der Waals surface area contributed by atoms with Crippen LogP contribution in [0, 0.1) is 6.92 Å². The molecule has 8 heteroatoms. The normalized spacial score (nSPS) is 11.6. The highest BCUT2D eigenvalue weighted by Crippen LogP contribution is 2.33. The summed E-state index contributed by atoms with van der Waals surface area (Å²) < 4.78 is 38.6. The van der Waals surface area contributed by atoms with Gasteiger partial charge in [-0.15, -0.1) is 0 Å². The molecule has 1 amide bonds. The molecule has 0 fully saturated rings. The predicted octanol–water partition coefficient (Wildman–Crippen LogP) is 8.13. The maximum atomic E-state index is 13.0. The van der Waals surface area contributed by atoms with Crippen LogP contribution in [0.15, 0.2) is 84.9 Å². The van der Waals surface area contributed by atoms with Crippen LogP contribution >= 0.6 is 11.6 Å². The second-order valence-corrected chi connectivity index (χ2v) is 8.76. The van der Waals surface area contributed by atoms with Gasteiger partial charge in [0.2, 0.25) is 0 Å². The predicted molar refractivity (Wildman–Crippen MR) is 136 cm³/mol. The Morgan fingerprint density at radius 1 is 0.917 bits per heavy atom. The largest absolute Gasteiger partial charge is 0.416 e. The SMILES string of the molecule is Cc1cc(C(=O)Nc2ccc(Cl)c(-c3nc4ccccc4[nH]3)c2)ccc1-c1ccc(C(F)(F)F)cc1. The topological polar surface area (TPSA) is 57.8 Å². The van der Waals surface area contributed by atoms with Gasteiger partial charge >= 0.3 is 6.18 Å². The fraction of sp³-hybridized carbons (Fsp3) is 0.0714. The van der Waals surface area contributed by atoms with E-state index >= 15 is 0 Å². The summed E-state index contributed by atoms with van der Waals surface area (Å²) in [6.45, 7) is 1.81. The van der Waals surface area contributed by atoms with Gasteiger partial charge in [-0.2, -0.15) is 13.2 Å². The van der Waals surface area contributed by atoms with E-state index in [1.54, 1.807) is 36.4 Å². The van der Waals surface area contributed by atoms with Crippen LogP contribution in [-0.4, -0.2) is 15.9 Å². The zero-order valence-corrected chi connectivity index (χ0v) is 19.7. The molecule has 1 aromatic heterocycles. The number of hydrogen-bond acceptors (Lipinski definition) is 2. The van der Waals surface area contributed by atoms with Crippen molar-refractivity contribution in [2.24, 2.45) is 0 Å². The molecular weight excluding hydrogens is 487 g/mol. The van der Waals surface area contributed by atoms with Crippen molar-refractivity contribution in [1.82, 2.24) is 9.97 Å². The minimum atomic E-state index is -4.39. The van der Waals surface area contributed by atoms with Gasteiger partial charge in [0.05, 0.1) is 21.6 Å². The number of aromatic nitrogens is 2. The Bertz CT molecular complexity index is 1560. The van der Waals surface area contributed by atoms with Crippen LogP contribution in [0.2, 0.25) is 5.02 Å². The van der Waals surface area contributed by atoms with Crippen LogP contribution in [0.1, 0.15) is 21.5 Å². The summed E-state index contributed by atoms with van der Waals surface area (Å²) in [5.74, 6) is 0.268. The van der Waals surface area contributed by atoms with Crippen molar-refractivity contribution in [2.75, 3.05) is 5.32 Å². The van der Waals surface area contributed by atoms with E-state index in [0.717, 1.165) is 34.3 Å². The zero-order chi connectivity index (χ0) is 25.4. The Hall–Kier alpha value is -4.10. The molecule has 0 aliphatic rings. The second-order valence-electron chi connectivity index (χ2n) is 8.36. The number of para-hydroxylation sites is 2. The van der Waals surface area contributed by atoms with Gasteiger partial charge in [0.1, 0.15) is 5.82 Å². The summed E-state index contributed by atoms with van der Waals surface area (Å²) in [5, 5.41) is 3.37. The lowest BCUT2D eigenvalue weighted by molar-refractivity contribution is -0.137. The summed E-state index contributed by atoms with van der Waals surface area (Å²) in [7, 11) is 0. The fourth-order valence-corrected chi connectivity index (χ4v) is 4.24. The third kappa shape index (κ3) is 4.70. The Balaban J connectivity index is 1.37. The Labute approximate surface area is 209 Å². The lowest BCUT2D eigenvalue weighted by Crippen LogP contribution is -2.12. The lowest BCUT2D eigenvalue weighted by Gasteiger charge is -2.12. The first-order chi connectivity index (χ1) is 17.2. The molecule has 4 aromatic carbocycles. The van der Waals surface area contributed by atoms with Crippen molar-refractivity contribution < 1.29 is 18.0 Å². The molecule has 4 nitrogen and oxygen atoms in total. The quantitative estimate of drug-likeness (QED) is 0.259. The molecule has 180 valence electrons. The molecule has 0 radical (unpaired) electrons. The maximum absolute atomic E-state index is 13.0. The first-order valence-electron chi connectivity index (χ1n) is 11.0. The van der Waals surface area contributed by atoms with E-state index in [0.29, 0.717) is 33.2 Å². The van der Waals surface area contributed by atoms with Crippen molar-refractivity contribution in [3.05, 3.63) is 107 Å². The number of rotatable bonds is 4. The highest BCUT2D eigenvalue weighted by atomic mass is 35.5. The molecule has 0 bridgehead atoms. The Morgan fingerprint density at radius 2 is 1.67 bits per heavy atom. The summed E-state index contributed by atoms with van der Waals surface area (Å²) in [6, 6.07) is 22.8. The molecule has 1 heterocycles. The number of hydrogen-bond donors (Lipinski definition) is 2. The minimum absolute atomic E-state index is 0.324. The van der Waals surface area contributed by atoms with Crippen LogP contribution < -0.4 is 5.32 Å². The minimum Gasteiger partial charge on any atom is -0.338 e. The van der Waals surface area contributed by atoms with Gasteiger partial charge < -0.3 is 10.3 Å². The van der Waals surface area contributed by atoms with Crippen molar-refractivity contribution >= 4 is 34.2 Å². The number of benzene rings is 4. The molecule has 2 N–H and O–H groups in total. The first-order valence-corrected chi connectivity index (χ1v) is 11.4. The molecule has 0 atom stereocenters. The molecule has 0 spiro atoms. The number of alkyl halides is 3. The van der Waals surface area contributed by atoms with Crippen LogP contribution in [-0.2, 0) is 6.18 Å². The number of carbonyl (C=O) groups is 1. The standard InChI is InChI=1S/C28H19ClF3N3O/c1-16-14-18(8-12-21(16)17-6-9-19(10-7-17)28(30,31)32)27(36)33-20-11-13-23(29)22(15-20)26-34-24-4-2-3-5-25(24)35-26/h2-15H,1H3,(H,33,36)(H,34,35). The molecule has 0 aliphatic heterocycles. The van der Waals surface area contributed by atoms with Gasteiger partial charge in [0.25, 0.3) is 5.91 Å². The monoisotopic (exact) mass is 505 g/mol. The third-order valence-corrected chi connectivity index (χ3v) is 6.21. The molecule has 5 rings (SSSR count). The number of nitrogens with zero attached hydrogens (tertiary/aromatic N) is 1. The fourth-order valence-electron chi connectivity index (χ4n) is 4.04. The molecule has 0 saturated carbocycles. The average molecular weight is 506 g/mol. The Morgan fingerprint density at radius 3 is 2.36 bits per heavy atom. The van der Waals surface area contributed by atoms with Crippen molar-refractivity contribution in [1.29, 1.82) is 0 Å². The van der Waals surface area contributed by atoms with Crippen LogP contribution in [0.3, 0.4) is 0 Å². The number of fused-ring (bicyclic) bond motifs is 1. The number of anilines is 1. The summed E-state index contributed by atoms with van der Waals surface area (Å²) in [4.78, 5) is 20.8. The van der Waals surface area contributed by atoms with E-state index in [1.165, 1.54) is 12.1 Å². The summed E-state index contributed by atoms with van der Waals surface area (Å²) in [6.07, 6.45) is -4.39. The van der Waals surface area contributed by atoms with E-state index < -0.39 is 11.7 Å². The molecule has 0 aliphatic carbocycles. The molecule has 5 aromatic rings. The molecule has 0 saturated heterocycles. The van der Waals surface area contributed by atoms with Crippen molar-refractivity contribution in [3.8, 4) is 22.5 Å². The zero-order valence-electron chi connectivity index (χ0n) is 19.0. The van der Waals surface area contributed by atoms with Gasteiger partial charge in [-0.05, 0) is 78.2 Å². The number of imidazole rings is 1. The van der Waals surface area contributed by atoms with Crippen molar-refractivity contribution in [2.45, 2.75) is 13.1 Å². The molecule has 0 unspecified atom stereocenters. The first kappa shape index (κ1) is 23.6. The van der Waals surface area contributed by atoms with Crippen LogP contribution in [0.25, 0.3) is 33.5 Å². The van der Waals surface area contributed by atoms with E-state index in [1.807, 2.05) is 31.2 Å². The second kappa shape index (κ2) is 9.17. The summed E-state index contributed by atoms with van der Waals surface area (Å²) in [5.41, 5.74) is 4.75. The number of nitrogens with one attached hydrogen (secondary N) is 2. The highest BCUT2D eigenvalue weighted by molar-refractivity contribution is 6.33. The van der Waals surface area contributed by atoms with Gasteiger partial charge in [-0.3, -0.25) is 4.79 Å². The molecular formula is C28H19ClF3N3O. The summed E-state index contributed by atoms with van der Waals surface area (Å²) >= 11 is 6.41. The van der Waals surface area contributed by atoms with Gasteiger partial charge in [-0.1, -0.05) is 41.9 Å². The van der Waals surface area contributed by atoms with Gasteiger partial charge in [0.15, 0.2) is 0 Å². The third-order valence-electron chi connectivity index (χ3n) is 5.88. The average Bonchev–Trinajstić information content (AvgIpc) is 3.29. The lowest BCUT2D eigenvalue weighted by atomic mass is 9.97. The molecule has 36 heavy (non-hydrogen) atoms. The maximum Gasteiger partial charge on any atom is 0.416 e. The van der Waals surface area contributed by atoms with Crippen molar-refractivity contribution in [3.63, 3.8) is 0 Å². The van der Waals surface area contributed by atoms with Gasteiger partial charge in [0, 0.05) is 16.8 Å². The van der Waals surface area contributed by atoms with E-state index in [-0.39, 0.29) is 5.91 Å². The van der Waals surface area contributed by atoms with Crippen LogP contribution in [0.4, 0.5) is 18.9 Å². The van der Waals surface area contributed by atoms with E-state index in [4.69, 9.17) is 11.6 Å². The number of H-pyrrole nitrogens is 1. The van der Waals surface area contributed by atoms with Gasteiger partial charge in [-0.25, -0.2) is 4.98 Å². The van der Waals surface area contributed by atoms with E-state index in [9.17, 15) is 18.0 Å². The van der Waals surface area contributed by atoms with Crippen LogP contribution in [0.5, 0.6) is 0 Å². The number of aryl methyl sites for hydroxylation is 1. The Kier molecular flexibility index (Phi) is 6.02. The number of aromatic amines is 1. The number of carbonyl (C=O) groups excluding carboxylic acids is 1.